The molecule has 0 spiro atoms. The molecule has 3 rings (SSSR count). The van der Waals surface area contributed by atoms with Crippen LogP contribution in [0.3, 0.4) is 0 Å². The molecule has 16 heteroatoms. The summed E-state index contributed by atoms with van der Waals surface area (Å²) in [7, 11) is -3.03. The van der Waals surface area contributed by atoms with E-state index in [4.69, 9.17) is 0 Å². The Morgan fingerprint density at radius 3 is 2.24 bits per heavy atom. The molecule has 0 aliphatic carbocycles. The molecular formula is C18H17F6N5O2S3. The number of hydrogen-bond donors (Lipinski definition) is 0. The highest BCUT2D eigenvalue weighted by Gasteiger charge is 2.37. The maximum absolute atomic E-state index is 13.1. The Hall–Kier alpha value is -2.20. The molecular weight excluding hydrogens is 528 g/mol. The monoisotopic (exact) mass is 545 g/mol. The Kier molecular flexibility index (Phi) is 7.92. The van der Waals surface area contributed by atoms with E-state index in [0.717, 1.165) is 29.4 Å². The van der Waals surface area contributed by atoms with Crippen LogP contribution in [0.2, 0.25) is 0 Å². The fourth-order valence-electron chi connectivity index (χ4n) is 2.83. The van der Waals surface area contributed by atoms with Gasteiger partial charge in [0.05, 0.1) is 16.8 Å². The SMILES string of the molecule is CS(=O)(=O)CCCCCn1nnnc1Sc1nc(-c2cc(C(F)(F)F)cc(C(F)(F)F)c2)cs1. The van der Waals surface area contributed by atoms with Crippen molar-refractivity contribution in [2.24, 2.45) is 0 Å². The average Bonchev–Trinajstić information content (AvgIpc) is 3.35. The molecule has 0 aliphatic rings. The second kappa shape index (κ2) is 10.2. The molecule has 0 atom stereocenters. The van der Waals surface area contributed by atoms with Crippen LogP contribution in [0.5, 0.6) is 0 Å². The number of sulfone groups is 1. The summed E-state index contributed by atoms with van der Waals surface area (Å²) in [6, 6.07) is 1.31. The number of tetrazole rings is 1. The van der Waals surface area contributed by atoms with Crippen LogP contribution in [0.4, 0.5) is 26.3 Å². The van der Waals surface area contributed by atoms with Gasteiger partial charge in [-0.3, -0.25) is 0 Å². The first-order valence-corrected chi connectivity index (χ1v) is 13.4. The van der Waals surface area contributed by atoms with Gasteiger partial charge >= 0.3 is 12.4 Å². The Morgan fingerprint density at radius 1 is 1.00 bits per heavy atom. The molecule has 0 aliphatic heterocycles. The molecule has 0 bridgehead atoms. The first kappa shape index (κ1) is 26.4. The summed E-state index contributed by atoms with van der Waals surface area (Å²) in [4.78, 5) is 4.15. The van der Waals surface area contributed by atoms with Crippen molar-refractivity contribution in [3.8, 4) is 11.3 Å². The summed E-state index contributed by atoms with van der Waals surface area (Å²) < 4.78 is 103. The molecule has 0 N–H and O–H groups in total. The number of aryl methyl sites for hydroxylation is 1. The van der Waals surface area contributed by atoms with Gasteiger partial charge in [0.1, 0.15) is 9.84 Å². The smallest absolute Gasteiger partial charge is 0.229 e. The van der Waals surface area contributed by atoms with E-state index in [0.29, 0.717) is 47.4 Å². The topological polar surface area (TPSA) is 90.6 Å². The van der Waals surface area contributed by atoms with E-state index in [1.165, 1.54) is 10.1 Å². The highest BCUT2D eigenvalue weighted by atomic mass is 32.2. The van der Waals surface area contributed by atoms with Crippen molar-refractivity contribution in [2.45, 2.75) is 47.7 Å². The van der Waals surface area contributed by atoms with E-state index in [9.17, 15) is 34.8 Å². The van der Waals surface area contributed by atoms with Crippen molar-refractivity contribution >= 4 is 32.9 Å². The molecule has 7 nitrogen and oxygen atoms in total. The number of alkyl halides is 6. The summed E-state index contributed by atoms with van der Waals surface area (Å²) >= 11 is 2.04. The first-order chi connectivity index (χ1) is 15.7. The Labute approximate surface area is 198 Å². The summed E-state index contributed by atoms with van der Waals surface area (Å²) in [6.07, 6.45) is -7.00. The standard InChI is InChI=1S/C18H17F6N5O2S3/c1-34(30,31)6-4-2-3-5-29-15(26-27-28-29)33-16-25-14(10-32-16)11-7-12(17(19,20)21)9-13(8-11)18(22,23)24/h7-10H,2-6H2,1H3. The van der Waals surface area contributed by atoms with Gasteiger partial charge in [-0.1, -0.05) is 6.42 Å². The average molecular weight is 546 g/mol. The number of thiazole rings is 1. The maximum atomic E-state index is 13.1. The molecule has 2 heterocycles. The zero-order valence-electron chi connectivity index (χ0n) is 17.4. The molecule has 0 radical (unpaired) electrons. The van der Waals surface area contributed by atoms with Crippen molar-refractivity contribution in [3.63, 3.8) is 0 Å². The van der Waals surface area contributed by atoms with Crippen LogP contribution in [0.1, 0.15) is 30.4 Å². The molecule has 2 aromatic heterocycles. The minimum atomic E-state index is -4.95. The van der Waals surface area contributed by atoms with Crippen LogP contribution < -0.4 is 0 Å². The van der Waals surface area contributed by atoms with E-state index in [2.05, 4.69) is 20.5 Å². The minimum absolute atomic E-state index is 0.0381. The van der Waals surface area contributed by atoms with E-state index < -0.39 is 33.3 Å². The van der Waals surface area contributed by atoms with Gasteiger partial charge in [-0.05, 0) is 53.2 Å². The van der Waals surface area contributed by atoms with Gasteiger partial charge in [0, 0.05) is 29.5 Å². The fraction of sp³-hybridized carbons (Fsp3) is 0.444. The maximum Gasteiger partial charge on any atom is 0.416 e. The number of hydrogen-bond acceptors (Lipinski definition) is 8. The summed E-state index contributed by atoms with van der Waals surface area (Å²) in [5.74, 6) is 0.0811. The lowest BCUT2D eigenvalue weighted by Gasteiger charge is -2.13. The van der Waals surface area contributed by atoms with Crippen LogP contribution in [-0.4, -0.2) is 45.6 Å². The molecule has 0 saturated carbocycles. The minimum Gasteiger partial charge on any atom is -0.229 e. The molecule has 0 saturated heterocycles. The molecule has 0 unspecified atom stereocenters. The number of rotatable bonds is 9. The molecule has 34 heavy (non-hydrogen) atoms. The highest BCUT2D eigenvalue weighted by Crippen LogP contribution is 2.39. The predicted octanol–water partition coefficient (Wildman–Crippen LogP) is 5.20. The third kappa shape index (κ3) is 7.40. The van der Waals surface area contributed by atoms with Crippen LogP contribution in [0.15, 0.2) is 33.1 Å². The highest BCUT2D eigenvalue weighted by molar-refractivity contribution is 8.00. The zero-order chi connectivity index (χ0) is 25.1. The van der Waals surface area contributed by atoms with Gasteiger partial charge in [0.15, 0.2) is 4.34 Å². The van der Waals surface area contributed by atoms with Crippen LogP contribution >= 0.6 is 23.1 Å². The molecule has 1 aromatic carbocycles. The van der Waals surface area contributed by atoms with Gasteiger partial charge < -0.3 is 0 Å². The number of aromatic nitrogens is 5. The van der Waals surface area contributed by atoms with Crippen LogP contribution in [0, 0.1) is 0 Å². The predicted molar refractivity (Wildman–Crippen MR) is 113 cm³/mol. The van der Waals surface area contributed by atoms with E-state index in [-0.39, 0.29) is 23.1 Å². The lowest BCUT2D eigenvalue weighted by atomic mass is 10.0. The summed E-state index contributed by atoms with van der Waals surface area (Å²) in [6.45, 7) is 0.403. The van der Waals surface area contributed by atoms with Crippen molar-refractivity contribution in [3.05, 3.63) is 34.7 Å². The van der Waals surface area contributed by atoms with Gasteiger partial charge in [-0.25, -0.2) is 18.1 Å². The lowest BCUT2D eigenvalue weighted by Crippen LogP contribution is -2.11. The third-order valence-corrected chi connectivity index (χ3v) is 7.37. The number of halogens is 6. The molecule has 0 amide bonds. The Balaban J connectivity index is 1.73. The Bertz CT molecular complexity index is 1210. The van der Waals surface area contributed by atoms with E-state index in [1.807, 2.05) is 0 Å². The second-order valence-electron chi connectivity index (χ2n) is 7.27. The third-order valence-electron chi connectivity index (χ3n) is 4.43. The van der Waals surface area contributed by atoms with Crippen LogP contribution in [0.25, 0.3) is 11.3 Å². The van der Waals surface area contributed by atoms with Crippen molar-refractivity contribution in [1.29, 1.82) is 0 Å². The first-order valence-electron chi connectivity index (χ1n) is 9.59. The Morgan fingerprint density at radius 2 is 1.65 bits per heavy atom. The fourth-order valence-corrected chi connectivity index (χ4v) is 5.28. The summed E-state index contributed by atoms with van der Waals surface area (Å²) in [5, 5.41) is 13.0. The van der Waals surface area contributed by atoms with Gasteiger partial charge in [0.2, 0.25) is 5.16 Å². The molecule has 186 valence electrons. The molecule has 0 fully saturated rings. The van der Waals surface area contributed by atoms with Crippen molar-refractivity contribution in [1.82, 2.24) is 25.2 Å². The number of benzene rings is 1. The van der Waals surface area contributed by atoms with Gasteiger partial charge in [-0.15, -0.1) is 16.4 Å². The second-order valence-corrected chi connectivity index (χ2v) is 11.6. The van der Waals surface area contributed by atoms with Crippen molar-refractivity contribution in [2.75, 3.05) is 12.0 Å². The largest absolute Gasteiger partial charge is 0.416 e. The van der Waals surface area contributed by atoms with Gasteiger partial charge in [-0.2, -0.15) is 26.3 Å². The van der Waals surface area contributed by atoms with E-state index >= 15 is 0 Å². The van der Waals surface area contributed by atoms with Crippen LogP contribution in [-0.2, 0) is 28.7 Å². The zero-order valence-corrected chi connectivity index (χ0v) is 19.8. The normalized spacial score (nSPS) is 12.9. The number of unbranched alkanes of at least 4 members (excludes halogenated alkanes) is 2. The quantitative estimate of drug-likeness (QED) is 0.270. The molecule has 3 aromatic rings. The number of nitrogens with zero attached hydrogens (tertiary/aromatic N) is 5. The lowest BCUT2D eigenvalue weighted by molar-refractivity contribution is -0.143. The summed E-state index contributed by atoms with van der Waals surface area (Å²) in [5.41, 5.74) is -3.18. The van der Waals surface area contributed by atoms with Gasteiger partial charge in [0.25, 0.3) is 0 Å². The van der Waals surface area contributed by atoms with E-state index in [1.54, 1.807) is 0 Å². The van der Waals surface area contributed by atoms with Crippen molar-refractivity contribution < 1.29 is 34.8 Å².